The van der Waals surface area contributed by atoms with E-state index >= 15 is 0 Å². The summed E-state index contributed by atoms with van der Waals surface area (Å²) in [4.78, 5) is 25.1. The van der Waals surface area contributed by atoms with E-state index in [0.29, 0.717) is 0 Å². The normalized spacial score (nSPS) is 45.2. The number of hydrogen-bond acceptors (Lipinski definition) is 17. The second-order valence-electron chi connectivity index (χ2n) is 10.2. The summed E-state index contributed by atoms with van der Waals surface area (Å²) in [7, 11) is 0. The second-order valence-corrected chi connectivity index (χ2v) is 10.2. The van der Waals surface area contributed by atoms with E-state index in [4.69, 9.17) is 41.9 Å². The average Bonchev–Trinajstić information content (AvgIpc) is 2.92. The van der Waals surface area contributed by atoms with Gasteiger partial charge in [-0.05, 0) is 19.4 Å². The zero-order valence-electron chi connectivity index (χ0n) is 21.6. The minimum absolute atomic E-state index is 0.00185. The Labute approximate surface area is 229 Å². The molecule has 18 nitrogen and oxygen atoms in total. The number of ether oxygens (including phenoxy) is 4. The van der Waals surface area contributed by atoms with Gasteiger partial charge in [0.2, 0.25) is 18.0 Å². The summed E-state index contributed by atoms with van der Waals surface area (Å²) in [5.41, 5.74) is 23.0. The van der Waals surface area contributed by atoms with Gasteiger partial charge < -0.3 is 82.9 Å². The number of aliphatic hydroxyl groups is 7. The van der Waals surface area contributed by atoms with Crippen molar-refractivity contribution in [1.82, 2.24) is 5.32 Å². The van der Waals surface area contributed by atoms with Gasteiger partial charge >= 0.3 is 0 Å². The molecular weight excluding hydrogens is 542 g/mol. The summed E-state index contributed by atoms with van der Waals surface area (Å²) in [6.45, 7) is -0.957. The summed E-state index contributed by atoms with van der Waals surface area (Å²) in [5.74, 6) is -1.91. The molecule has 0 bridgehead atoms. The van der Waals surface area contributed by atoms with Crippen LogP contribution in [0.1, 0.15) is 12.8 Å². The van der Waals surface area contributed by atoms with Gasteiger partial charge in [0.05, 0.1) is 18.7 Å². The van der Waals surface area contributed by atoms with Gasteiger partial charge in [-0.1, -0.05) is 0 Å². The highest BCUT2D eigenvalue weighted by atomic mass is 16.7. The van der Waals surface area contributed by atoms with Crippen LogP contribution >= 0.6 is 0 Å². The highest BCUT2D eigenvalue weighted by molar-refractivity contribution is 5.87. The zero-order valence-corrected chi connectivity index (χ0v) is 21.6. The van der Waals surface area contributed by atoms with E-state index in [-0.39, 0.29) is 25.9 Å². The van der Waals surface area contributed by atoms with Crippen molar-refractivity contribution in [2.45, 2.75) is 105 Å². The van der Waals surface area contributed by atoms with Crippen LogP contribution in [0, 0.1) is 0 Å². The third kappa shape index (κ3) is 6.94. The van der Waals surface area contributed by atoms with Crippen LogP contribution in [0.2, 0.25) is 0 Å². The van der Waals surface area contributed by atoms with Gasteiger partial charge in [-0.15, -0.1) is 0 Å². The summed E-state index contributed by atoms with van der Waals surface area (Å²) in [6, 6.07) is -3.53. The summed E-state index contributed by atoms with van der Waals surface area (Å²) < 4.78 is 22.3. The first-order valence-electron chi connectivity index (χ1n) is 12.9. The van der Waals surface area contributed by atoms with Gasteiger partial charge in [0.1, 0.15) is 61.0 Å². The molecule has 2 saturated heterocycles. The molecule has 40 heavy (non-hydrogen) atoms. The monoisotopic (exact) mass is 583 g/mol. The first-order valence-corrected chi connectivity index (χ1v) is 12.9. The van der Waals surface area contributed by atoms with E-state index < -0.39 is 110 Å². The molecule has 0 radical (unpaired) electrons. The number of ketones is 1. The van der Waals surface area contributed by atoms with Crippen LogP contribution in [0.3, 0.4) is 0 Å². The molecule has 1 aliphatic carbocycles. The lowest BCUT2D eigenvalue weighted by atomic mass is 9.83. The maximum absolute atomic E-state index is 12.6. The van der Waals surface area contributed by atoms with E-state index in [0.717, 1.165) is 0 Å². The maximum Gasteiger partial charge on any atom is 0.249 e. The zero-order chi connectivity index (χ0) is 29.9. The predicted molar refractivity (Wildman–Crippen MR) is 130 cm³/mol. The Hall–Kier alpha value is -1.46. The molecule has 15 atom stereocenters. The summed E-state index contributed by atoms with van der Waals surface area (Å²) in [6.07, 6.45) is -18.8. The van der Waals surface area contributed by atoms with Gasteiger partial charge in [-0.3, -0.25) is 9.59 Å². The fourth-order valence-electron chi connectivity index (χ4n) is 4.94. The van der Waals surface area contributed by atoms with E-state index in [1.54, 1.807) is 0 Å². The predicted octanol–water partition coefficient (Wildman–Crippen LogP) is -8.22. The number of rotatable bonds is 10. The molecule has 18 heteroatoms. The van der Waals surface area contributed by atoms with Crippen LogP contribution in [-0.4, -0.2) is 159 Å². The third-order valence-corrected chi connectivity index (χ3v) is 7.36. The third-order valence-electron chi connectivity index (χ3n) is 7.36. The minimum atomic E-state index is -1.89. The Morgan fingerprint density at radius 2 is 1.65 bits per heavy atom. The number of Topliss-reactive ketones (excluding diaryl/α,β-unsaturated/α-hetero) is 1. The van der Waals surface area contributed by atoms with Crippen LogP contribution in [0.4, 0.5) is 0 Å². The van der Waals surface area contributed by atoms with Crippen LogP contribution in [0.25, 0.3) is 0 Å². The lowest BCUT2D eigenvalue weighted by molar-refractivity contribution is -0.313. The molecule has 3 fully saturated rings. The standard InChI is InChI=1S/C22H41N5O13/c23-2-1-8(29)20(36)27-7-3-6(25)18(39-22-16(34)15(33)13(31)9(4-24)37-22)17(35)19(7)40-21-14(32)11(26)12(30)10(5-28)38-21/h6-15,17-19,21-22,28-33,35H,1-5,23-26H2,(H,27,36)/t6-,7+,8-,9+,10+,11-,12+,13+,14+,15-,17-,18+,19-,21+,22+/m0/s1. The highest BCUT2D eigenvalue weighted by Crippen LogP contribution is 2.31. The number of nitrogens with two attached hydrogens (primary N) is 4. The van der Waals surface area contributed by atoms with Crippen molar-refractivity contribution in [3.63, 3.8) is 0 Å². The quantitative estimate of drug-likeness (QED) is 0.113. The van der Waals surface area contributed by atoms with E-state index in [1.807, 2.05) is 0 Å². The average molecular weight is 584 g/mol. The number of aliphatic hydroxyl groups excluding tert-OH is 7. The molecule has 0 aromatic rings. The topological polar surface area (TPSA) is 329 Å². The Bertz CT molecular complexity index is 858. The molecular formula is C22H41N5O13. The number of nitrogens with one attached hydrogen (secondary N) is 1. The van der Waals surface area contributed by atoms with Crippen molar-refractivity contribution in [1.29, 1.82) is 0 Å². The van der Waals surface area contributed by atoms with Gasteiger partial charge in [-0.25, -0.2) is 0 Å². The molecule has 2 aliphatic heterocycles. The molecule has 0 aromatic carbocycles. The molecule has 16 N–H and O–H groups in total. The first kappa shape index (κ1) is 33.0. The Kier molecular flexibility index (Phi) is 11.7. The molecule has 0 unspecified atom stereocenters. The fourth-order valence-corrected chi connectivity index (χ4v) is 4.94. The van der Waals surface area contributed by atoms with Gasteiger partial charge in [-0.2, -0.15) is 0 Å². The van der Waals surface area contributed by atoms with Crippen molar-refractivity contribution in [2.75, 3.05) is 19.7 Å². The van der Waals surface area contributed by atoms with Crippen molar-refractivity contribution in [3.8, 4) is 0 Å². The highest BCUT2D eigenvalue weighted by Gasteiger charge is 2.52. The van der Waals surface area contributed by atoms with Crippen LogP contribution < -0.4 is 28.3 Å². The minimum Gasteiger partial charge on any atom is -0.394 e. The molecule has 1 saturated carbocycles. The number of amides is 1. The molecule has 3 aliphatic rings. The molecule has 3 rings (SSSR count). The Morgan fingerprint density at radius 3 is 2.25 bits per heavy atom. The van der Waals surface area contributed by atoms with Gasteiger partial charge in [0, 0.05) is 12.6 Å². The SMILES string of the molecule is NCC[C@H](O)C(=O)N[C@@H]1C[C@H](N)[C@@H](O[C@H]2O[C@H](CN)[C@@H](O)[C@H](O)C2=O)[C@H](O)[C@H]1O[C@H]1O[C@H](CO)[C@@H](O)[C@H](N)[C@H]1O. The van der Waals surface area contributed by atoms with Gasteiger partial charge in [0.15, 0.2) is 6.29 Å². The molecule has 0 spiro atoms. The smallest absolute Gasteiger partial charge is 0.249 e. The number of hydrogen-bond donors (Lipinski definition) is 12. The van der Waals surface area contributed by atoms with Crippen molar-refractivity contribution < 1.29 is 64.3 Å². The Morgan fingerprint density at radius 1 is 0.975 bits per heavy atom. The molecule has 0 aromatic heterocycles. The van der Waals surface area contributed by atoms with Gasteiger partial charge in [0.25, 0.3) is 0 Å². The van der Waals surface area contributed by atoms with Crippen LogP contribution in [-0.2, 0) is 28.5 Å². The van der Waals surface area contributed by atoms with E-state index in [9.17, 15) is 45.3 Å². The van der Waals surface area contributed by atoms with Crippen molar-refractivity contribution >= 4 is 11.7 Å². The van der Waals surface area contributed by atoms with E-state index in [1.165, 1.54) is 0 Å². The number of carbonyl (C=O) groups excluding carboxylic acids is 2. The molecule has 2 heterocycles. The lowest BCUT2D eigenvalue weighted by Gasteiger charge is -2.48. The van der Waals surface area contributed by atoms with Crippen LogP contribution in [0.15, 0.2) is 0 Å². The van der Waals surface area contributed by atoms with Crippen LogP contribution in [0.5, 0.6) is 0 Å². The first-order chi connectivity index (χ1) is 18.9. The fraction of sp³-hybridized carbons (Fsp3) is 0.909. The molecule has 1 amide bonds. The summed E-state index contributed by atoms with van der Waals surface area (Å²) >= 11 is 0. The van der Waals surface area contributed by atoms with Crippen molar-refractivity contribution in [3.05, 3.63) is 0 Å². The van der Waals surface area contributed by atoms with Crippen molar-refractivity contribution in [2.24, 2.45) is 22.9 Å². The Balaban J connectivity index is 1.85. The maximum atomic E-state index is 12.6. The number of carbonyl (C=O) groups is 2. The molecule has 232 valence electrons. The largest absolute Gasteiger partial charge is 0.394 e. The summed E-state index contributed by atoms with van der Waals surface area (Å²) in [5, 5.41) is 74.2. The second kappa shape index (κ2) is 14.1. The van der Waals surface area contributed by atoms with E-state index in [2.05, 4.69) is 5.32 Å². The lowest BCUT2D eigenvalue weighted by Crippen LogP contribution is -2.69.